The van der Waals surface area contributed by atoms with Crippen LogP contribution in [0.3, 0.4) is 0 Å². The molecule has 0 spiro atoms. The van der Waals surface area contributed by atoms with Crippen molar-refractivity contribution in [2.75, 3.05) is 52.8 Å². The molecule has 1 aliphatic rings. The van der Waals surface area contributed by atoms with Gasteiger partial charge in [-0.1, -0.05) is 13.8 Å². The maximum Gasteiger partial charge on any atom is 0.253 e. The molecule has 1 atom stereocenters. The molecule has 0 radical (unpaired) electrons. The first-order chi connectivity index (χ1) is 12.6. The summed E-state index contributed by atoms with van der Waals surface area (Å²) in [4.78, 5) is 30.1. The van der Waals surface area contributed by atoms with Gasteiger partial charge in [0.05, 0.1) is 18.2 Å². The van der Waals surface area contributed by atoms with Crippen LogP contribution < -0.4 is 9.64 Å². The zero-order valence-electron chi connectivity index (χ0n) is 17.2. The molecule has 150 valence electrons. The van der Waals surface area contributed by atoms with Gasteiger partial charge in [-0.25, -0.2) is 0 Å². The zero-order chi connectivity index (χ0) is 20.4. The number of nitrogens with zero attached hydrogens (tertiary/aromatic N) is 3. The minimum atomic E-state index is -0.340. The van der Waals surface area contributed by atoms with Crippen LogP contribution in [0.1, 0.15) is 30.6 Å². The second-order valence-electron chi connectivity index (χ2n) is 8.23. The van der Waals surface area contributed by atoms with Crippen LogP contribution in [0.4, 0.5) is 5.69 Å². The van der Waals surface area contributed by atoms with E-state index in [-0.39, 0.29) is 29.9 Å². The van der Waals surface area contributed by atoms with E-state index < -0.39 is 0 Å². The molecule has 0 aromatic heterocycles. The number of amides is 2. The molecule has 0 bridgehead atoms. The van der Waals surface area contributed by atoms with E-state index in [1.165, 1.54) is 4.90 Å². The SMILES string of the molecule is CN(C)C(=O)c1ccc2c(c1)N(C)[C@@H](CC(=O)N(C)CC(C)(C)CO)CO2. The third kappa shape index (κ3) is 4.91. The number of benzene rings is 1. The van der Waals surface area contributed by atoms with Crippen LogP contribution in [0.15, 0.2) is 18.2 Å². The third-order valence-electron chi connectivity index (χ3n) is 4.90. The fourth-order valence-electron chi connectivity index (χ4n) is 3.13. The summed E-state index contributed by atoms with van der Waals surface area (Å²) in [5.41, 5.74) is 1.06. The average molecular weight is 377 g/mol. The predicted molar refractivity (Wildman–Crippen MR) is 105 cm³/mol. The molecule has 1 aromatic rings. The molecule has 0 aliphatic carbocycles. The van der Waals surface area contributed by atoms with Crippen LogP contribution in [0.5, 0.6) is 5.75 Å². The summed E-state index contributed by atoms with van der Waals surface area (Å²) in [5, 5.41) is 9.41. The van der Waals surface area contributed by atoms with Gasteiger partial charge in [0.25, 0.3) is 5.91 Å². The highest BCUT2D eigenvalue weighted by atomic mass is 16.5. The lowest BCUT2D eigenvalue weighted by atomic mass is 9.94. The van der Waals surface area contributed by atoms with E-state index in [2.05, 4.69) is 0 Å². The average Bonchev–Trinajstić information content (AvgIpc) is 2.62. The summed E-state index contributed by atoms with van der Waals surface area (Å²) in [6.07, 6.45) is 0.305. The lowest BCUT2D eigenvalue weighted by molar-refractivity contribution is -0.132. The molecule has 7 heteroatoms. The highest BCUT2D eigenvalue weighted by Gasteiger charge is 2.30. The van der Waals surface area contributed by atoms with Gasteiger partial charge >= 0.3 is 0 Å². The van der Waals surface area contributed by atoms with E-state index in [1.807, 2.05) is 31.9 Å². The smallest absolute Gasteiger partial charge is 0.253 e. The summed E-state index contributed by atoms with van der Waals surface area (Å²) in [6.45, 7) is 4.76. The highest BCUT2D eigenvalue weighted by molar-refractivity contribution is 5.95. The highest BCUT2D eigenvalue weighted by Crippen LogP contribution is 2.35. The number of rotatable bonds is 6. The number of carbonyl (C=O) groups is 2. The van der Waals surface area contributed by atoms with Gasteiger partial charge in [-0.3, -0.25) is 9.59 Å². The quantitative estimate of drug-likeness (QED) is 0.812. The van der Waals surface area contributed by atoms with Crippen molar-refractivity contribution >= 4 is 17.5 Å². The van der Waals surface area contributed by atoms with Gasteiger partial charge in [0.2, 0.25) is 5.91 Å². The van der Waals surface area contributed by atoms with Crippen molar-refractivity contribution in [2.24, 2.45) is 5.41 Å². The first-order valence-corrected chi connectivity index (χ1v) is 9.12. The fourth-order valence-corrected chi connectivity index (χ4v) is 3.13. The van der Waals surface area contributed by atoms with E-state index in [0.29, 0.717) is 30.9 Å². The first kappa shape index (κ1) is 21.0. The Balaban J connectivity index is 2.11. The minimum absolute atomic E-state index is 0.000877. The Morgan fingerprint density at radius 3 is 2.56 bits per heavy atom. The maximum absolute atomic E-state index is 12.6. The van der Waals surface area contributed by atoms with Gasteiger partial charge in [0.15, 0.2) is 0 Å². The van der Waals surface area contributed by atoms with Gasteiger partial charge in [-0.2, -0.15) is 0 Å². The van der Waals surface area contributed by atoms with Crippen molar-refractivity contribution in [3.05, 3.63) is 23.8 Å². The van der Waals surface area contributed by atoms with Crippen LogP contribution in [-0.2, 0) is 4.79 Å². The molecule has 1 aliphatic heterocycles. The Morgan fingerprint density at radius 2 is 1.96 bits per heavy atom. The number of aliphatic hydroxyl groups excluding tert-OH is 1. The van der Waals surface area contributed by atoms with E-state index in [4.69, 9.17) is 4.74 Å². The van der Waals surface area contributed by atoms with Gasteiger partial charge in [0, 0.05) is 52.3 Å². The van der Waals surface area contributed by atoms with E-state index >= 15 is 0 Å². The summed E-state index contributed by atoms with van der Waals surface area (Å²) in [5.74, 6) is 0.641. The Hall–Kier alpha value is -2.28. The van der Waals surface area contributed by atoms with Crippen molar-refractivity contribution in [1.29, 1.82) is 0 Å². The normalized spacial score (nSPS) is 16.4. The molecular weight excluding hydrogens is 346 g/mol. The van der Waals surface area contributed by atoms with Crippen LogP contribution >= 0.6 is 0 Å². The van der Waals surface area contributed by atoms with Gasteiger partial charge < -0.3 is 24.5 Å². The van der Waals surface area contributed by atoms with Crippen LogP contribution in [0.2, 0.25) is 0 Å². The Labute approximate surface area is 161 Å². The Morgan fingerprint density at radius 1 is 1.30 bits per heavy atom. The molecule has 1 aromatic carbocycles. The standard InChI is InChI=1S/C20H31N3O4/c1-20(2,13-24)12-22(5)18(25)10-15-11-27-17-8-7-14(19(26)21(3)4)9-16(17)23(15)6/h7-9,15,24H,10-13H2,1-6H3/t15-/m0/s1. The molecule has 0 saturated carbocycles. The molecule has 7 nitrogen and oxygen atoms in total. The number of anilines is 1. The topological polar surface area (TPSA) is 73.3 Å². The number of ether oxygens (including phenoxy) is 1. The molecule has 1 N–H and O–H groups in total. The molecule has 0 fully saturated rings. The number of aliphatic hydroxyl groups is 1. The van der Waals surface area contributed by atoms with E-state index in [9.17, 15) is 14.7 Å². The van der Waals surface area contributed by atoms with Crippen LogP contribution in [-0.4, -0.2) is 80.7 Å². The van der Waals surface area contributed by atoms with Gasteiger partial charge in [0.1, 0.15) is 12.4 Å². The molecule has 1 heterocycles. The minimum Gasteiger partial charge on any atom is -0.489 e. The molecule has 0 saturated heterocycles. The predicted octanol–water partition coefficient (Wildman–Crippen LogP) is 1.45. The van der Waals surface area contributed by atoms with Crippen LogP contribution in [0, 0.1) is 5.41 Å². The molecule has 0 unspecified atom stereocenters. The van der Waals surface area contributed by atoms with E-state index in [1.54, 1.807) is 38.2 Å². The molecule has 27 heavy (non-hydrogen) atoms. The van der Waals surface area contributed by atoms with Crippen molar-refractivity contribution in [3.8, 4) is 5.75 Å². The van der Waals surface area contributed by atoms with Crippen molar-refractivity contribution in [2.45, 2.75) is 26.3 Å². The van der Waals surface area contributed by atoms with Gasteiger partial charge in [-0.05, 0) is 18.2 Å². The van der Waals surface area contributed by atoms with E-state index in [0.717, 1.165) is 5.69 Å². The second-order valence-corrected chi connectivity index (χ2v) is 8.23. The third-order valence-corrected chi connectivity index (χ3v) is 4.90. The monoisotopic (exact) mass is 377 g/mol. The first-order valence-electron chi connectivity index (χ1n) is 9.12. The number of carbonyl (C=O) groups excluding carboxylic acids is 2. The van der Waals surface area contributed by atoms with Crippen molar-refractivity contribution < 1.29 is 19.4 Å². The summed E-state index contributed by atoms with van der Waals surface area (Å²) < 4.78 is 5.83. The largest absolute Gasteiger partial charge is 0.489 e. The summed E-state index contributed by atoms with van der Waals surface area (Å²) >= 11 is 0. The fraction of sp³-hybridized carbons (Fsp3) is 0.600. The lowest BCUT2D eigenvalue weighted by Crippen LogP contribution is -2.45. The number of hydrogen-bond acceptors (Lipinski definition) is 5. The van der Waals surface area contributed by atoms with Crippen molar-refractivity contribution in [1.82, 2.24) is 9.80 Å². The van der Waals surface area contributed by atoms with Gasteiger partial charge in [-0.15, -0.1) is 0 Å². The summed E-state index contributed by atoms with van der Waals surface area (Å²) in [7, 11) is 7.10. The summed E-state index contributed by atoms with van der Waals surface area (Å²) in [6, 6.07) is 5.25. The number of fused-ring (bicyclic) bond motifs is 1. The number of hydrogen-bond donors (Lipinski definition) is 1. The molecular formula is C20H31N3O4. The second kappa shape index (κ2) is 8.17. The van der Waals surface area contributed by atoms with Crippen molar-refractivity contribution in [3.63, 3.8) is 0 Å². The molecule has 2 amide bonds. The Kier molecular flexibility index (Phi) is 6.36. The maximum atomic E-state index is 12.6. The Bertz CT molecular complexity index is 702. The molecule has 2 rings (SSSR count). The number of likely N-dealkylation sites (N-methyl/N-ethyl adjacent to an activating group) is 1. The van der Waals surface area contributed by atoms with Crippen LogP contribution in [0.25, 0.3) is 0 Å². The zero-order valence-corrected chi connectivity index (χ0v) is 17.2. The lowest BCUT2D eigenvalue weighted by Gasteiger charge is -2.37.